The highest BCUT2D eigenvalue weighted by atomic mass is 79.9. The van der Waals surface area contributed by atoms with Gasteiger partial charge in [0.2, 0.25) is 0 Å². The highest BCUT2D eigenvalue weighted by molar-refractivity contribution is 9.10. The Morgan fingerprint density at radius 1 is 1.14 bits per heavy atom. The molecule has 0 aliphatic rings. The Kier molecular flexibility index (Phi) is 8.02. The molecule has 0 atom stereocenters. The summed E-state index contributed by atoms with van der Waals surface area (Å²) in [6.07, 6.45) is -0.294. The van der Waals surface area contributed by atoms with Crippen molar-refractivity contribution in [1.82, 2.24) is 10.3 Å². The van der Waals surface area contributed by atoms with Crippen LogP contribution in [0.4, 0.5) is 13.9 Å². The summed E-state index contributed by atoms with van der Waals surface area (Å²) >= 11 is 6.25. The third-order valence-corrected chi connectivity index (χ3v) is 6.26. The van der Waals surface area contributed by atoms with E-state index in [0.29, 0.717) is 29.5 Å². The van der Waals surface area contributed by atoms with Crippen LogP contribution in [0.15, 0.2) is 63.3 Å². The number of nitrogens with one attached hydrogen (secondary N) is 2. The minimum absolute atomic E-state index is 0.00829. The zero-order valence-corrected chi connectivity index (χ0v) is 18.7. The molecule has 3 aromatic rings. The summed E-state index contributed by atoms with van der Waals surface area (Å²) in [5.74, 6) is -2.96. The molecule has 2 aromatic carbocycles. The monoisotopic (exact) mass is 498 g/mol. The van der Waals surface area contributed by atoms with Gasteiger partial charge in [-0.05, 0) is 30.1 Å². The zero-order chi connectivity index (χ0) is 20.7. The van der Waals surface area contributed by atoms with Crippen molar-refractivity contribution in [2.45, 2.75) is 17.2 Å². The summed E-state index contributed by atoms with van der Waals surface area (Å²) in [4.78, 5) is 5.53. The van der Waals surface area contributed by atoms with Crippen molar-refractivity contribution >= 4 is 44.3 Å². The van der Waals surface area contributed by atoms with Crippen LogP contribution in [-0.2, 0) is 5.92 Å². The molecule has 0 fully saturated rings. The van der Waals surface area contributed by atoms with E-state index in [-0.39, 0.29) is 18.5 Å². The highest BCUT2D eigenvalue weighted by Crippen LogP contribution is 2.39. The van der Waals surface area contributed by atoms with Gasteiger partial charge < -0.3 is 15.8 Å². The molecule has 4 N–H and O–H groups in total. The Morgan fingerprint density at radius 2 is 1.97 bits per heavy atom. The number of halogens is 3. The van der Waals surface area contributed by atoms with Crippen LogP contribution in [-0.4, -0.2) is 24.6 Å². The molecule has 29 heavy (non-hydrogen) atoms. The first-order valence-electron chi connectivity index (χ1n) is 9.02. The molecular weight excluding hydrogens is 478 g/mol. The van der Waals surface area contributed by atoms with E-state index in [4.69, 9.17) is 5.73 Å². The summed E-state index contributed by atoms with van der Waals surface area (Å²) in [5, 5.41) is 5.38. The molecule has 0 unspecified atom stereocenters. The molecule has 0 amide bonds. The molecule has 4 nitrogen and oxygen atoms in total. The van der Waals surface area contributed by atoms with Crippen LogP contribution in [0.1, 0.15) is 12.0 Å². The number of rotatable bonds is 10. The fraction of sp³-hybridized carbons (Fsp3) is 0.250. The molecule has 0 radical (unpaired) electrons. The Balaban J connectivity index is 1.73. The average molecular weight is 499 g/mol. The second-order valence-electron chi connectivity index (χ2n) is 6.24. The van der Waals surface area contributed by atoms with Crippen LogP contribution in [0, 0.1) is 0 Å². The van der Waals surface area contributed by atoms with Crippen LogP contribution in [0.25, 0.3) is 11.3 Å². The fourth-order valence-corrected chi connectivity index (χ4v) is 4.72. The third kappa shape index (κ3) is 6.23. The first-order valence-corrected chi connectivity index (χ1v) is 11.5. The molecule has 154 valence electrons. The van der Waals surface area contributed by atoms with E-state index >= 15 is 0 Å². The van der Waals surface area contributed by atoms with Crippen molar-refractivity contribution in [1.29, 1.82) is 0 Å². The lowest BCUT2D eigenvalue weighted by molar-refractivity contribution is -0.0121. The standard InChI is InChI=1S/C20H21BrF2N4S2/c21-14-4-3-5-15(12-14)29-27-19-26-18(13-28-19)16-6-1-2-7-17(16)20(22,23)8-10-25-11-9-24/h1-7,12-13,25H,8-11,24H2,(H,26,27). The van der Waals surface area contributed by atoms with Crippen molar-refractivity contribution in [2.24, 2.45) is 5.73 Å². The van der Waals surface area contributed by atoms with Gasteiger partial charge in [-0.2, -0.15) is 0 Å². The van der Waals surface area contributed by atoms with E-state index in [1.165, 1.54) is 29.4 Å². The number of alkyl halides is 2. The molecule has 0 saturated carbocycles. The maximum absolute atomic E-state index is 14.8. The second kappa shape index (κ2) is 10.5. The van der Waals surface area contributed by atoms with Gasteiger partial charge in [-0.25, -0.2) is 13.8 Å². The minimum Gasteiger partial charge on any atom is -0.329 e. The maximum Gasteiger partial charge on any atom is 0.275 e. The number of hydrogen-bond donors (Lipinski definition) is 3. The molecular formula is C20H21BrF2N4S2. The smallest absolute Gasteiger partial charge is 0.275 e. The van der Waals surface area contributed by atoms with Gasteiger partial charge in [0.1, 0.15) is 0 Å². The second-order valence-corrected chi connectivity index (χ2v) is 8.89. The number of nitrogens with zero attached hydrogens (tertiary/aromatic N) is 1. The number of aromatic nitrogens is 1. The SMILES string of the molecule is NCCNCCC(F)(F)c1ccccc1-c1csc(NSc2cccc(Br)c2)n1. The molecule has 0 aliphatic carbocycles. The molecule has 0 aliphatic heterocycles. The Bertz CT molecular complexity index is 936. The van der Waals surface area contributed by atoms with Gasteiger partial charge in [-0.15, -0.1) is 11.3 Å². The van der Waals surface area contributed by atoms with Gasteiger partial charge in [0.25, 0.3) is 5.92 Å². The number of nitrogens with two attached hydrogens (primary N) is 1. The van der Waals surface area contributed by atoms with E-state index in [9.17, 15) is 8.78 Å². The molecule has 0 spiro atoms. The quantitative estimate of drug-likeness (QED) is 0.246. The van der Waals surface area contributed by atoms with Crippen molar-refractivity contribution in [3.05, 3.63) is 63.9 Å². The largest absolute Gasteiger partial charge is 0.329 e. The predicted octanol–water partition coefficient (Wildman–Crippen LogP) is 5.72. The number of anilines is 1. The predicted molar refractivity (Wildman–Crippen MR) is 122 cm³/mol. The van der Waals surface area contributed by atoms with Crippen LogP contribution in [0.3, 0.4) is 0 Å². The van der Waals surface area contributed by atoms with E-state index in [2.05, 4.69) is 31.0 Å². The van der Waals surface area contributed by atoms with Crippen LogP contribution in [0.5, 0.6) is 0 Å². The van der Waals surface area contributed by atoms with Crippen LogP contribution in [0.2, 0.25) is 0 Å². The molecule has 3 rings (SSSR count). The Hall–Kier alpha value is -1.52. The first kappa shape index (κ1) is 22.2. The van der Waals surface area contributed by atoms with E-state index in [1.807, 2.05) is 24.3 Å². The third-order valence-electron chi connectivity index (χ3n) is 4.09. The Morgan fingerprint density at radius 3 is 2.76 bits per heavy atom. The number of thiazole rings is 1. The highest BCUT2D eigenvalue weighted by Gasteiger charge is 2.33. The molecule has 1 heterocycles. The lowest BCUT2D eigenvalue weighted by Crippen LogP contribution is -2.27. The molecule has 1 aromatic heterocycles. The lowest BCUT2D eigenvalue weighted by Gasteiger charge is -2.19. The van der Waals surface area contributed by atoms with E-state index in [0.717, 1.165) is 9.37 Å². The van der Waals surface area contributed by atoms with Crippen molar-refractivity contribution in [2.75, 3.05) is 24.4 Å². The number of benzene rings is 2. The van der Waals surface area contributed by atoms with Crippen LogP contribution >= 0.6 is 39.2 Å². The summed E-state index contributed by atoms with van der Waals surface area (Å²) < 4.78 is 33.8. The fourth-order valence-electron chi connectivity index (χ4n) is 2.71. The van der Waals surface area contributed by atoms with Crippen molar-refractivity contribution < 1.29 is 8.78 Å². The molecule has 0 saturated heterocycles. The Labute approximate surface area is 185 Å². The van der Waals surface area contributed by atoms with Gasteiger partial charge in [-0.1, -0.05) is 46.3 Å². The van der Waals surface area contributed by atoms with Gasteiger partial charge >= 0.3 is 0 Å². The van der Waals surface area contributed by atoms with Gasteiger partial charge in [0, 0.05) is 51.9 Å². The summed E-state index contributed by atoms with van der Waals surface area (Å²) in [6.45, 7) is 1.15. The number of hydrogen-bond acceptors (Lipinski definition) is 6. The summed E-state index contributed by atoms with van der Waals surface area (Å²) in [6, 6.07) is 14.4. The lowest BCUT2D eigenvalue weighted by atomic mass is 9.97. The van der Waals surface area contributed by atoms with Crippen molar-refractivity contribution in [3.8, 4) is 11.3 Å². The maximum atomic E-state index is 14.8. The van der Waals surface area contributed by atoms with E-state index in [1.54, 1.807) is 23.6 Å². The van der Waals surface area contributed by atoms with Gasteiger partial charge in [0.05, 0.1) is 5.69 Å². The molecule has 0 bridgehead atoms. The normalized spacial score (nSPS) is 11.6. The topological polar surface area (TPSA) is 63.0 Å². The first-order chi connectivity index (χ1) is 14.0. The summed E-state index contributed by atoms with van der Waals surface area (Å²) in [7, 11) is 0. The zero-order valence-electron chi connectivity index (χ0n) is 15.5. The molecule has 9 heteroatoms. The van der Waals surface area contributed by atoms with Crippen LogP contribution < -0.4 is 15.8 Å². The van der Waals surface area contributed by atoms with Gasteiger partial charge in [-0.3, -0.25) is 0 Å². The van der Waals surface area contributed by atoms with E-state index < -0.39 is 5.92 Å². The average Bonchev–Trinajstić information content (AvgIpc) is 3.19. The summed E-state index contributed by atoms with van der Waals surface area (Å²) in [5.41, 5.74) is 6.38. The van der Waals surface area contributed by atoms with Gasteiger partial charge in [0.15, 0.2) is 5.13 Å². The minimum atomic E-state index is -2.96. The van der Waals surface area contributed by atoms with Crippen molar-refractivity contribution in [3.63, 3.8) is 0 Å².